The van der Waals surface area contributed by atoms with Gasteiger partial charge in [0.05, 0.1) is 5.56 Å². The van der Waals surface area contributed by atoms with Gasteiger partial charge in [0.25, 0.3) is 5.91 Å². The van der Waals surface area contributed by atoms with Crippen molar-refractivity contribution in [1.29, 1.82) is 0 Å². The Balaban J connectivity index is 3.09. The van der Waals surface area contributed by atoms with E-state index in [2.05, 4.69) is 12.6 Å². The summed E-state index contributed by atoms with van der Waals surface area (Å²) in [6, 6.07) is 2.74. The molecule has 0 bridgehead atoms. The summed E-state index contributed by atoms with van der Waals surface area (Å²) in [4.78, 5) is 12.9. The molecule has 1 aromatic carbocycles. The number of nitrogens with zero attached hydrogens (tertiary/aromatic N) is 1. The maximum Gasteiger partial charge on any atom is 0.406 e. The van der Waals surface area contributed by atoms with E-state index in [4.69, 9.17) is 0 Å². The highest BCUT2D eigenvalue weighted by Gasteiger charge is 2.35. The maximum absolute atomic E-state index is 13.5. The molecule has 1 aromatic rings. The fourth-order valence-corrected chi connectivity index (χ4v) is 1.72. The number of amides is 1. The summed E-state index contributed by atoms with van der Waals surface area (Å²) in [5, 5.41) is 0. The first kappa shape index (κ1) is 15.8. The second-order valence-corrected chi connectivity index (χ2v) is 4.82. The third-order valence-electron chi connectivity index (χ3n) is 2.41. The van der Waals surface area contributed by atoms with Crippen LogP contribution in [0.2, 0.25) is 0 Å². The highest BCUT2D eigenvalue weighted by molar-refractivity contribution is 7.80. The predicted molar refractivity (Wildman–Crippen MR) is 65.9 cm³/mol. The van der Waals surface area contributed by atoms with Crippen LogP contribution < -0.4 is 0 Å². The van der Waals surface area contributed by atoms with Gasteiger partial charge in [-0.15, -0.1) is 12.6 Å². The summed E-state index contributed by atoms with van der Waals surface area (Å²) in [6.45, 7) is 1.46. The van der Waals surface area contributed by atoms with Crippen LogP contribution >= 0.6 is 12.6 Å². The van der Waals surface area contributed by atoms with Crippen LogP contribution in [0.15, 0.2) is 23.1 Å². The van der Waals surface area contributed by atoms with E-state index in [1.165, 1.54) is 19.9 Å². The Kier molecular flexibility index (Phi) is 4.84. The van der Waals surface area contributed by atoms with Crippen LogP contribution in [0, 0.1) is 5.82 Å². The van der Waals surface area contributed by atoms with Crippen LogP contribution in [0.1, 0.15) is 24.2 Å². The van der Waals surface area contributed by atoms with Crippen LogP contribution in [-0.2, 0) is 0 Å². The largest absolute Gasteiger partial charge is 0.406 e. The van der Waals surface area contributed by atoms with Gasteiger partial charge in [0.15, 0.2) is 0 Å². The lowest BCUT2D eigenvalue weighted by atomic mass is 10.1. The minimum Gasteiger partial charge on any atom is -0.327 e. The zero-order valence-corrected chi connectivity index (χ0v) is 11.2. The van der Waals surface area contributed by atoms with Crippen molar-refractivity contribution in [3.8, 4) is 0 Å². The first-order chi connectivity index (χ1) is 8.61. The van der Waals surface area contributed by atoms with Crippen molar-refractivity contribution in [2.24, 2.45) is 0 Å². The van der Waals surface area contributed by atoms with E-state index in [9.17, 15) is 22.4 Å². The van der Waals surface area contributed by atoms with Crippen molar-refractivity contribution in [2.45, 2.75) is 31.0 Å². The van der Waals surface area contributed by atoms with Crippen LogP contribution in [0.25, 0.3) is 0 Å². The van der Waals surface area contributed by atoms with Crippen LogP contribution in [0.4, 0.5) is 17.6 Å². The summed E-state index contributed by atoms with van der Waals surface area (Å²) >= 11 is 3.94. The minimum absolute atomic E-state index is 0.306. The highest BCUT2D eigenvalue weighted by atomic mass is 32.1. The Morgan fingerprint density at radius 3 is 2.42 bits per heavy atom. The number of carbonyl (C=O) groups is 1. The maximum atomic E-state index is 13.5. The molecule has 106 valence electrons. The van der Waals surface area contributed by atoms with E-state index in [-0.39, 0.29) is 0 Å². The zero-order valence-electron chi connectivity index (χ0n) is 10.3. The van der Waals surface area contributed by atoms with Gasteiger partial charge < -0.3 is 4.90 Å². The molecule has 0 heterocycles. The first-order valence-corrected chi connectivity index (χ1v) is 5.93. The van der Waals surface area contributed by atoms with Crippen LogP contribution in [0.3, 0.4) is 0 Å². The van der Waals surface area contributed by atoms with Crippen molar-refractivity contribution in [3.05, 3.63) is 29.6 Å². The number of carbonyl (C=O) groups excluding carboxylic acids is 1. The molecule has 2 nitrogen and oxygen atoms in total. The molecule has 0 unspecified atom stereocenters. The first-order valence-electron chi connectivity index (χ1n) is 5.48. The van der Waals surface area contributed by atoms with Crippen molar-refractivity contribution in [1.82, 2.24) is 4.90 Å². The van der Waals surface area contributed by atoms with Gasteiger partial charge in [-0.2, -0.15) is 13.2 Å². The molecular weight excluding hydrogens is 282 g/mol. The summed E-state index contributed by atoms with van der Waals surface area (Å²) in [7, 11) is 0. The topological polar surface area (TPSA) is 20.3 Å². The summed E-state index contributed by atoms with van der Waals surface area (Å²) in [5.41, 5.74) is -0.412. The Morgan fingerprint density at radius 2 is 1.95 bits per heavy atom. The second kappa shape index (κ2) is 5.81. The van der Waals surface area contributed by atoms with Crippen LogP contribution in [0.5, 0.6) is 0 Å². The smallest absolute Gasteiger partial charge is 0.327 e. The molecule has 19 heavy (non-hydrogen) atoms. The zero-order chi connectivity index (χ0) is 14.8. The molecule has 0 aliphatic carbocycles. The SMILES string of the molecule is CC(C)N(CC(F)(F)F)C(=O)c1cc(S)ccc1F. The van der Waals surface area contributed by atoms with Crippen molar-refractivity contribution >= 4 is 18.5 Å². The molecule has 0 N–H and O–H groups in total. The number of thiol groups is 1. The van der Waals surface area contributed by atoms with Crippen molar-refractivity contribution in [3.63, 3.8) is 0 Å². The molecule has 0 fully saturated rings. The molecule has 0 spiro atoms. The quantitative estimate of drug-likeness (QED) is 0.668. The normalized spacial score (nSPS) is 11.8. The van der Waals surface area contributed by atoms with E-state index >= 15 is 0 Å². The van der Waals surface area contributed by atoms with Gasteiger partial charge >= 0.3 is 6.18 Å². The van der Waals surface area contributed by atoms with E-state index in [1.54, 1.807) is 0 Å². The molecule has 0 radical (unpaired) electrons. The molecule has 0 aliphatic rings. The monoisotopic (exact) mass is 295 g/mol. The van der Waals surface area contributed by atoms with E-state index in [1.807, 2.05) is 0 Å². The molecule has 0 saturated carbocycles. The average Bonchev–Trinajstić information content (AvgIpc) is 2.27. The van der Waals surface area contributed by atoms with E-state index < -0.39 is 36.1 Å². The Hall–Kier alpha value is -1.24. The van der Waals surface area contributed by atoms with E-state index in [0.29, 0.717) is 9.80 Å². The van der Waals surface area contributed by atoms with Gasteiger partial charge in [0.2, 0.25) is 0 Å². The average molecular weight is 295 g/mol. The number of alkyl halides is 3. The number of rotatable bonds is 3. The van der Waals surface area contributed by atoms with Gasteiger partial charge in [-0.25, -0.2) is 4.39 Å². The predicted octanol–water partition coefficient (Wildman–Crippen LogP) is 3.53. The fraction of sp³-hybridized carbons (Fsp3) is 0.417. The standard InChI is InChI=1S/C12H13F4NOS/c1-7(2)17(6-12(14,15)16)11(18)9-5-8(19)3-4-10(9)13/h3-5,7,19H,6H2,1-2H3. The van der Waals surface area contributed by atoms with Crippen molar-refractivity contribution < 1.29 is 22.4 Å². The van der Waals surface area contributed by atoms with Gasteiger partial charge in [-0.05, 0) is 32.0 Å². The van der Waals surface area contributed by atoms with Crippen molar-refractivity contribution in [2.75, 3.05) is 6.54 Å². The van der Waals surface area contributed by atoms with Gasteiger partial charge in [-0.1, -0.05) is 0 Å². The minimum atomic E-state index is -4.53. The summed E-state index contributed by atoms with van der Waals surface area (Å²) in [5.74, 6) is -1.86. The highest BCUT2D eigenvalue weighted by Crippen LogP contribution is 2.22. The van der Waals surface area contributed by atoms with Gasteiger partial charge in [-0.3, -0.25) is 4.79 Å². The molecule has 0 aromatic heterocycles. The Morgan fingerprint density at radius 1 is 1.37 bits per heavy atom. The number of hydrogen-bond acceptors (Lipinski definition) is 2. The molecule has 7 heteroatoms. The fourth-order valence-electron chi connectivity index (χ4n) is 1.51. The van der Waals surface area contributed by atoms with E-state index in [0.717, 1.165) is 12.1 Å². The third-order valence-corrected chi connectivity index (χ3v) is 2.69. The number of halogens is 4. The van der Waals surface area contributed by atoms with Gasteiger partial charge in [0, 0.05) is 10.9 Å². The van der Waals surface area contributed by atoms with Crippen LogP contribution in [-0.4, -0.2) is 29.6 Å². The lowest BCUT2D eigenvalue weighted by Gasteiger charge is -2.28. The lowest BCUT2D eigenvalue weighted by Crippen LogP contribution is -2.43. The molecule has 1 rings (SSSR count). The van der Waals surface area contributed by atoms with Gasteiger partial charge in [0.1, 0.15) is 12.4 Å². The third kappa shape index (κ3) is 4.41. The molecule has 0 aliphatic heterocycles. The molecule has 0 atom stereocenters. The number of hydrogen-bond donors (Lipinski definition) is 1. The second-order valence-electron chi connectivity index (χ2n) is 4.31. The molecule has 1 amide bonds. The summed E-state index contributed by atoms with van der Waals surface area (Å²) in [6.07, 6.45) is -4.53. The number of benzene rings is 1. The molecular formula is C12H13F4NOS. The Labute approximate surface area is 113 Å². The lowest BCUT2D eigenvalue weighted by molar-refractivity contribution is -0.143. The Bertz CT molecular complexity index is 473. The molecule has 0 saturated heterocycles. The summed E-state index contributed by atoms with van der Waals surface area (Å²) < 4.78 is 50.8.